The van der Waals surface area contributed by atoms with E-state index in [0.717, 1.165) is 23.6 Å². The highest BCUT2D eigenvalue weighted by atomic mass is 35.5. The van der Waals surface area contributed by atoms with Crippen LogP contribution in [0.25, 0.3) is 0 Å². The van der Waals surface area contributed by atoms with Crippen molar-refractivity contribution in [3.05, 3.63) is 75.8 Å². The van der Waals surface area contributed by atoms with Crippen molar-refractivity contribution in [3.63, 3.8) is 0 Å². The predicted molar refractivity (Wildman–Crippen MR) is 94.0 cm³/mol. The molecule has 130 valence electrons. The molecule has 1 aliphatic heterocycles. The summed E-state index contributed by atoms with van der Waals surface area (Å²) in [7, 11) is 0. The number of benzene rings is 2. The first-order valence-corrected chi connectivity index (χ1v) is 8.63. The summed E-state index contributed by atoms with van der Waals surface area (Å²) in [4.78, 5) is 0. The second-order valence-electron chi connectivity index (χ2n) is 6.77. The summed E-state index contributed by atoms with van der Waals surface area (Å²) in [5.74, 6) is -0.229. The van der Waals surface area contributed by atoms with Gasteiger partial charge in [-0.25, -0.2) is 0 Å². The van der Waals surface area contributed by atoms with Crippen LogP contribution in [-0.4, -0.2) is 0 Å². The van der Waals surface area contributed by atoms with Crippen LogP contribution in [0.1, 0.15) is 40.6 Å². The average Bonchev–Trinajstić information content (AvgIpc) is 3.04. The molecule has 2 aromatic rings. The molecule has 0 saturated heterocycles. The largest absolute Gasteiger partial charge is 0.416 e. The van der Waals surface area contributed by atoms with E-state index < -0.39 is 11.7 Å². The van der Waals surface area contributed by atoms with Gasteiger partial charge in [0.25, 0.3) is 0 Å². The summed E-state index contributed by atoms with van der Waals surface area (Å²) in [5, 5.41) is 3.65. The van der Waals surface area contributed by atoms with E-state index in [1.54, 1.807) is 0 Å². The van der Waals surface area contributed by atoms with Crippen LogP contribution >= 0.6 is 11.6 Å². The fraction of sp³-hybridized carbons (Fsp3) is 0.300. The topological polar surface area (TPSA) is 12.0 Å². The maximum absolute atomic E-state index is 13.5. The molecule has 0 saturated carbocycles. The lowest BCUT2D eigenvalue weighted by molar-refractivity contribution is -0.138. The maximum Gasteiger partial charge on any atom is 0.416 e. The van der Waals surface area contributed by atoms with Crippen LogP contribution < -0.4 is 5.32 Å². The van der Waals surface area contributed by atoms with Crippen molar-refractivity contribution in [2.75, 3.05) is 5.32 Å². The van der Waals surface area contributed by atoms with Gasteiger partial charge in [-0.2, -0.15) is 13.2 Å². The third-order valence-electron chi connectivity index (χ3n) is 5.21. The van der Waals surface area contributed by atoms with E-state index in [2.05, 4.69) is 5.32 Å². The Kier molecular flexibility index (Phi) is 3.84. The van der Waals surface area contributed by atoms with E-state index in [9.17, 15) is 13.2 Å². The molecule has 0 aromatic heterocycles. The molecule has 3 atom stereocenters. The van der Waals surface area contributed by atoms with Gasteiger partial charge in [0.1, 0.15) is 0 Å². The number of halogens is 4. The summed E-state index contributed by atoms with van der Waals surface area (Å²) in [6.45, 7) is 2.01. The van der Waals surface area contributed by atoms with Crippen LogP contribution in [0.3, 0.4) is 0 Å². The zero-order valence-corrected chi connectivity index (χ0v) is 14.3. The molecule has 2 aliphatic rings. The van der Waals surface area contributed by atoms with Crippen molar-refractivity contribution in [3.8, 4) is 0 Å². The monoisotopic (exact) mass is 363 g/mol. The summed E-state index contributed by atoms with van der Waals surface area (Å²) < 4.78 is 40.6. The SMILES string of the molecule is Cc1ccc([C@@H]2Nc3c(Cl)ccc(C(F)(F)F)c3[C@@H]3C=CC[C@H]32)cc1. The van der Waals surface area contributed by atoms with Crippen molar-refractivity contribution < 1.29 is 13.2 Å². The lowest BCUT2D eigenvalue weighted by Gasteiger charge is -2.39. The molecular formula is C20H17ClF3N. The summed E-state index contributed by atoms with van der Waals surface area (Å²) >= 11 is 6.28. The van der Waals surface area contributed by atoms with Crippen LogP contribution in [-0.2, 0) is 6.18 Å². The van der Waals surface area contributed by atoms with Crippen molar-refractivity contribution in [2.45, 2.75) is 31.5 Å². The third-order valence-corrected chi connectivity index (χ3v) is 5.53. The molecule has 4 rings (SSSR count). The van der Waals surface area contributed by atoms with Crippen LogP contribution in [0.5, 0.6) is 0 Å². The Hall–Kier alpha value is -1.94. The smallest absolute Gasteiger partial charge is 0.376 e. The Bertz CT molecular complexity index is 839. The fourth-order valence-electron chi connectivity index (χ4n) is 4.03. The minimum atomic E-state index is -4.39. The minimum absolute atomic E-state index is 0.0507. The van der Waals surface area contributed by atoms with Gasteiger partial charge in [-0.15, -0.1) is 0 Å². The number of aryl methyl sites for hydroxylation is 1. The summed E-state index contributed by atoms with van der Waals surface area (Å²) in [6, 6.07) is 10.5. The number of allylic oxidation sites excluding steroid dienone is 2. The molecule has 0 amide bonds. The molecule has 0 bridgehead atoms. The molecule has 5 heteroatoms. The average molecular weight is 364 g/mol. The van der Waals surface area contributed by atoms with E-state index in [4.69, 9.17) is 11.6 Å². The first-order valence-electron chi connectivity index (χ1n) is 8.25. The van der Waals surface area contributed by atoms with E-state index >= 15 is 0 Å². The minimum Gasteiger partial charge on any atom is -0.376 e. The summed E-state index contributed by atoms with van der Waals surface area (Å²) in [6.07, 6.45) is 0.235. The van der Waals surface area contributed by atoms with Crippen LogP contribution in [0, 0.1) is 12.8 Å². The Morgan fingerprint density at radius 3 is 2.48 bits per heavy atom. The second kappa shape index (κ2) is 5.80. The normalized spacial score (nSPS) is 24.6. The molecular weight excluding hydrogens is 347 g/mol. The first kappa shape index (κ1) is 16.5. The van der Waals surface area contributed by atoms with Gasteiger partial charge in [-0.05, 0) is 42.5 Å². The molecule has 0 unspecified atom stereocenters. The lowest BCUT2D eigenvalue weighted by atomic mass is 9.75. The third kappa shape index (κ3) is 2.73. The fourth-order valence-corrected chi connectivity index (χ4v) is 4.24. The summed E-state index contributed by atoms with van der Waals surface area (Å²) in [5.41, 5.74) is 2.32. The molecule has 0 fully saturated rings. The highest BCUT2D eigenvalue weighted by Gasteiger charge is 2.44. The van der Waals surface area contributed by atoms with E-state index in [1.807, 2.05) is 43.3 Å². The van der Waals surface area contributed by atoms with Crippen molar-refractivity contribution in [2.24, 2.45) is 5.92 Å². The van der Waals surface area contributed by atoms with Crippen molar-refractivity contribution in [1.29, 1.82) is 0 Å². The van der Waals surface area contributed by atoms with Crippen molar-refractivity contribution >= 4 is 17.3 Å². The number of fused-ring (bicyclic) bond motifs is 3. The zero-order valence-electron chi connectivity index (χ0n) is 13.6. The standard InChI is InChI=1S/C20H17ClF3N/c1-11-5-7-12(8-6-11)18-14-4-2-3-13(14)17-15(20(22,23)24)9-10-16(21)19(17)25-18/h2-3,5-10,13-14,18,25H,4H2,1H3/t13-,14-,18+/m1/s1. The van der Waals surface area contributed by atoms with E-state index in [0.29, 0.717) is 10.7 Å². The number of rotatable bonds is 1. The number of nitrogens with one attached hydrogen (secondary N) is 1. The Labute approximate surface area is 149 Å². The number of hydrogen-bond acceptors (Lipinski definition) is 1. The van der Waals surface area contributed by atoms with Crippen LogP contribution in [0.4, 0.5) is 18.9 Å². The Balaban J connectivity index is 1.87. The van der Waals surface area contributed by atoms with Crippen LogP contribution in [0.2, 0.25) is 5.02 Å². The van der Waals surface area contributed by atoms with Gasteiger partial charge in [0.05, 0.1) is 22.3 Å². The van der Waals surface area contributed by atoms with Gasteiger partial charge < -0.3 is 5.32 Å². The molecule has 1 aliphatic carbocycles. The number of alkyl halides is 3. The number of hydrogen-bond donors (Lipinski definition) is 1. The first-order chi connectivity index (χ1) is 11.9. The molecule has 1 heterocycles. The number of anilines is 1. The van der Waals surface area contributed by atoms with E-state index in [1.165, 1.54) is 6.07 Å². The molecule has 1 nitrogen and oxygen atoms in total. The van der Waals surface area contributed by atoms with Crippen LogP contribution in [0.15, 0.2) is 48.6 Å². The molecule has 0 radical (unpaired) electrons. The van der Waals surface area contributed by atoms with Gasteiger partial charge in [0.2, 0.25) is 0 Å². The molecule has 25 heavy (non-hydrogen) atoms. The molecule has 0 spiro atoms. The Morgan fingerprint density at radius 2 is 1.80 bits per heavy atom. The second-order valence-corrected chi connectivity index (χ2v) is 7.17. The maximum atomic E-state index is 13.5. The molecule has 2 aromatic carbocycles. The zero-order chi connectivity index (χ0) is 17.8. The highest BCUT2D eigenvalue weighted by Crippen LogP contribution is 2.54. The van der Waals surface area contributed by atoms with Gasteiger partial charge in [-0.1, -0.05) is 53.6 Å². The van der Waals surface area contributed by atoms with E-state index in [-0.39, 0.29) is 23.4 Å². The predicted octanol–water partition coefficient (Wildman–Crippen LogP) is 6.49. The quantitative estimate of drug-likeness (QED) is 0.571. The Morgan fingerprint density at radius 1 is 1.08 bits per heavy atom. The van der Waals surface area contributed by atoms with Gasteiger partial charge >= 0.3 is 6.18 Å². The van der Waals surface area contributed by atoms with Gasteiger partial charge in [0.15, 0.2) is 0 Å². The van der Waals surface area contributed by atoms with Gasteiger partial charge in [-0.3, -0.25) is 0 Å². The molecule has 1 N–H and O–H groups in total. The lowest BCUT2D eigenvalue weighted by Crippen LogP contribution is -2.31. The highest BCUT2D eigenvalue weighted by molar-refractivity contribution is 6.33. The van der Waals surface area contributed by atoms with Gasteiger partial charge in [0, 0.05) is 5.92 Å². The van der Waals surface area contributed by atoms with Crippen molar-refractivity contribution in [1.82, 2.24) is 0 Å².